The fourth-order valence-corrected chi connectivity index (χ4v) is 1.63. The van der Waals surface area contributed by atoms with Crippen molar-refractivity contribution in [2.45, 2.75) is 0 Å². The highest BCUT2D eigenvalue weighted by atomic mass is 16.5. The SMILES string of the molecule is COc1ccc(OC)c2c1C(=N)N=C2N. The zero-order chi connectivity index (χ0) is 11.0. The molecule has 5 heteroatoms. The molecule has 1 aromatic rings. The molecule has 1 heterocycles. The Morgan fingerprint density at radius 3 is 2.20 bits per heavy atom. The average Bonchev–Trinajstić information content (AvgIpc) is 2.54. The van der Waals surface area contributed by atoms with Crippen LogP contribution in [0.4, 0.5) is 0 Å². The van der Waals surface area contributed by atoms with Gasteiger partial charge in [-0.3, -0.25) is 5.41 Å². The number of amidine groups is 2. The lowest BCUT2D eigenvalue weighted by atomic mass is 10.1. The van der Waals surface area contributed by atoms with Crippen molar-refractivity contribution in [2.24, 2.45) is 10.7 Å². The third-order valence-corrected chi connectivity index (χ3v) is 2.29. The molecule has 0 radical (unpaired) electrons. The second kappa shape index (κ2) is 3.27. The molecule has 0 unspecified atom stereocenters. The van der Waals surface area contributed by atoms with Gasteiger partial charge < -0.3 is 15.2 Å². The predicted octanol–water partition coefficient (Wildman–Crippen LogP) is 0.748. The maximum atomic E-state index is 7.67. The molecule has 0 atom stereocenters. The molecule has 0 amide bonds. The Balaban J connectivity index is 2.72. The minimum absolute atomic E-state index is 0.109. The van der Waals surface area contributed by atoms with Crippen LogP contribution in [0.3, 0.4) is 0 Å². The van der Waals surface area contributed by atoms with Crippen molar-refractivity contribution in [3.63, 3.8) is 0 Å². The number of nitrogens with two attached hydrogens (primary N) is 1. The molecule has 0 aromatic heterocycles. The fourth-order valence-electron chi connectivity index (χ4n) is 1.63. The summed E-state index contributed by atoms with van der Waals surface area (Å²) in [5.41, 5.74) is 6.94. The van der Waals surface area contributed by atoms with Crippen molar-refractivity contribution in [3.8, 4) is 11.5 Å². The lowest BCUT2D eigenvalue weighted by Crippen LogP contribution is -2.12. The van der Waals surface area contributed by atoms with Crippen LogP contribution in [-0.2, 0) is 0 Å². The monoisotopic (exact) mass is 205 g/mol. The van der Waals surface area contributed by atoms with E-state index in [1.165, 1.54) is 0 Å². The number of nitrogens with zero attached hydrogens (tertiary/aromatic N) is 1. The number of aliphatic imine (C=N–C) groups is 1. The van der Waals surface area contributed by atoms with E-state index in [0.717, 1.165) is 0 Å². The van der Waals surface area contributed by atoms with Crippen LogP contribution in [0.5, 0.6) is 11.5 Å². The van der Waals surface area contributed by atoms with Crippen LogP contribution in [0, 0.1) is 5.41 Å². The Morgan fingerprint density at radius 1 is 1.13 bits per heavy atom. The number of rotatable bonds is 2. The number of benzene rings is 1. The molecule has 78 valence electrons. The number of hydrogen-bond acceptors (Lipinski definition) is 4. The smallest absolute Gasteiger partial charge is 0.158 e. The third-order valence-electron chi connectivity index (χ3n) is 2.29. The van der Waals surface area contributed by atoms with Crippen LogP contribution >= 0.6 is 0 Å². The zero-order valence-corrected chi connectivity index (χ0v) is 8.50. The minimum atomic E-state index is 0.109. The van der Waals surface area contributed by atoms with E-state index in [9.17, 15) is 0 Å². The normalized spacial score (nSPS) is 13.5. The maximum absolute atomic E-state index is 7.67. The van der Waals surface area contributed by atoms with Gasteiger partial charge in [0.25, 0.3) is 0 Å². The van der Waals surface area contributed by atoms with Crippen molar-refractivity contribution in [3.05, 3.63) is 23.3 Å². The highest BCUT2D eigenvalue weighted by Crippen LogP contribution is 2.33. The predicted molar refractivity (Wildman–Crippen MR) is 57.1 cm³/mol. The minimum Gasteiger partial charge on any atom is -0.496 e. The third kappa shape index (κ3) is 1.24. The van der Waals surface area contributed by atoms with E-state index in [1.807, 2.05) is 0 Å². The number of methoxy groups -OCH3 is 2. The molecule has 0 fully saturated rings. The highest BCUT2D eigenvalue weighted by Gasteiger charge is 2.26. The van der Waals surface area contributed by atoms with E-state index in [0.29, 0.717) is 28.5 Å². The zero-order valence-electron chi connectivity index (χ0n) is 8.50. The van der Waals surface area contributed by atoms with Gasteiger partial charge in [-0.1, -0.05) is 0 Å². The molecule has 0 aliphatic carbocycles. The van der Waals surface area contributed by atoms with Crippen molar-refractivity contribution in [1.29, 1.82) is 5.41 Å². The van der Waals surface area contributed by atoms with Gasteiger partial charge in [0.1, 0.15) is 17.3 Å². The summed E-state index contributed by atoms with van der Waals surface area (Å²) in [6.07, 6.45) is 0. The Hall–Kier alpha value is -2.04. The van der Waals surface area contributed by atoms with E-state index < -0.39 is 0 Å². The summed E-state index contributed by atoms with van der Waals surface area (Å²) in [5, 5.41) is 7.67. The molecule has 0 spiro atoms. The number of nitrogens with one attached hydrogen (secondary N) is 1. The van der Waals surface area contributed by atoms with Gasteiger partial charge >= 0.3 is 0 Å². The van der Waals surface area contributed by atoms with E-state index in [1.54, 1.807) is 26.4 Å². The summed E-state index contributed by atoms with van der Waals surface area (Å²) < 4.78 is 10.3. The standard InChI is InChI=1S/C10H11N3O2/c1-14-5-3-4-6(15-2)8-7(5)9(11)13-10(8)12/h3-4H,1-2H3,(H3,11,12,13). The number of ether oxygens (including phenoxy) is 2. The second-order valence-corrected chi connectivity index (χ2v) is 3.07. The Kier molecular flexibility index (Phi) is 2.07. The van der Waals surface area contributed by atoms with Crippen LogP contribution < -0.4 is 15.2 Å². The van der Waals surface area contributed by atoms with Gasteiger partial charge in [0.05, 0.1) is 25.3 Å². The van der Waals surface area contributed by atoms with Gasteiger partial charge in [-0.25, -0.2) is 4.99 Å². The quantitative estimate of drug-likeness (QED) is 0.747. The van der Waals surface area contributed by atoms with Crippen LogP contribution in [0.2, 0.25) is 0 Å². The lowest BCUT2D eigenvalue weighted by Gasteiger charge is -2.10. The van der Waals surface area contributed by atoms with Crippen molar-refractivity contribution in [2.75, 3.05) is 14.2 Å². The first-order chi connectivity index (χ1) is 7.19. The summed E-state index contributed by atoms with van der Waals surface area (Å²) in [6.45, 7) is 0. The first kappa shape index (κ1) is 9.51. The molecule has 5 nitrogen and oxygen atoms in total. The van der Waals surface area contributed by atoms with Crippen LogP contribution in [0.25, 0.3) is 0 Å². The van der Waals surface area contributed by atoms with Gasteiger partial charge in [0, 0.05) is 0 Å². The van der Waals surface area contributed by atoms with Crippen LogP contribution in [0.15, 0.2) is 17.1 Å². The summed E-state index contributed by atoms with van der Waals surface area (Å²) in [4.78, 5) is 3.89. The highest BCUT2D eigenvalue weighted by molar-refractivity contribution is 6.23. The Bertz CT molecular complexity index is 466. The molecule has 1 aliphatic heterocycles. The first-order valence-electron chi connectivity index (χ1n) is 4.37. The molecule has 0 saturated heterocycles. The van der Waals surface area contributed by atoms with E-state index in [2.05, 4.69) is 4.99 Å². The molecule has 2 rings (SSSR count). The van der Waals surface area contributed by atoms with E-state index >= 15 is 0 Å². The first-order valence-corrected chi connectivity index (χ1v) is 4.37. The van der Waals surface area contributed by atoms with Gasteiger partial charge in [0.2, 0.25) is 0 Å². The molecular weight excluding hydrogens is 194 g/mol. The Labute approximate surface area is 87.0 Å². The second-order valence-electron chi connectivity index (χ2n) is 3.07. The molecule has 15 heavy (non-hydrogen) atoms. The summed E-state index contributed by atoms with van der Waals surface area (Å²) in [7, 11) is 3.10. The Morgan fingerprint density at radius 2 is 1.67 bits per heavy atom. The molecule has 1 aromatic carbocycles. The summed E-state index contributed by atoms with van der Waals surface area (Å²) >= 11 is 0. The van der Waals surface area contributed by atoms with Crippen LogP contribution in [0.1, 0.15) is 11.1 Å². The number of fused-ring (bicyclic) bond motifs is 1. The van der Waals surface area contributed by atoms with Gasteiger partial charge in [-0.15, -0.1) is 0 Å². The number of hydrogen-bond donors (Lipinski definition) is 2. The molecule has 3 N–H and O–H groups in total. The van der Waals surface area contributed by atoms with Gasteiger partial charge in [0.15, 0.2) is 5.84 Å². The molecular formula is C10H11N3O2. The van der Waals surface area contributed by atoms with Crippen molar-refractivity contribution in [1.82, 2.24) is 0 Å². The summed E-state index contributed by atoms with van der Waals surface area (Å²) in [5.74, 6) is 1.60. The molecule has 1 aliphatic rings. The lowest BCUT2D eigenvalue weighted by molar-refractivity contribution is 0.402. The van der Waals surface area contributed by atoms with Gasteiger partial charge in [-0.05, 0) is 12.1 Å². The van der Waals surface area contributed by atoms with Crippen LogP contribution in [-0.4, -0.2) is 25.9 Å². The molecule has 0 bridgehead atoms. The fraction of sp³-hybridized carbons (Fsp3) is 0.200. The average molecular weight is 205 g/mol. The van der Waals surface area contributed by atoms with E-state index in [-0.39, 0.29) is 5.84 Å². The van der Waals surface area contributed by atoms with E-state index in [4.69, 9.17) is 20.6 Å². The topological polar surface area (TPSA) is 80.7 Å². The van der Waals surface area contributed by atoms with Crippen molar-refractivity contribution >= 4 is 11.7 Å². The largest absolute Gasteiger partial charge is 0.496 e. The summed E-state index contributed by atoms with van der Waals surface area (Å²) in [6, 6.07) is 3.49. The molecule has 0 saturated carbocycles. The maximum Gasteiger partial charge on any atom is 0.158 e. The van der Waals surface area contributed by atoms with Crippen molar-refractivity contribution < 1.29 is 9.47 Å². The van der Waals surface area contributed by atoms with Gasteiger partial charge in [-0.2, -0.15) is 0 Å².